The number of imidazole rings is 1. The van der Waals surface area contributed by atoms with Crippen LogP contribution in [0.5, 0.6) is 0 Å². The molecule has 3 rings (SSSR count). The van der Waals surface area contributed by atoms with E-state index in [4.69, 9.17) is 4.74 Å². The van der Waals surface area contributed by atoms with Gasteiger partial charge in [0, 0.05) is 45.6 Å². The van der Waals surface area contributed by atoms with Crippen LogP contribution in [0.4, 0.5) is 4.79 Å². The zero-order valence-corrected chi connectivity index (χ0v) is 20.3. The molecule has 1 aromatic carbocycles. The Balaban J connectivity index is 0.00000320. The summed E-state index contributed by atoms with van der Waals surface area (Å²) < 4.78 is 7.42. The number of amides is 1. The topological polar surface area (TPSA) is 83.8 Å². The molecule has 0 unspecified atom stereocenters. The van der Waals surface area contributed by atoms with E-state index in [1.54, 1.807) is 18.1 Å². The van der Waals surface area contributed by atoms with Crippen molar-refractivity contribution in [2.24, 2.45) is 4.99 Å². The molecule has 0 bridgehead atoms. The van der Waals surface area contributed by atoms with Crippen molar-refractivity contribution in [3.05, 3.63) is 54.1 Å². The van der Waals surface area contributed by atoms with Crippen molar-refractivity contribution in [1.82, 2.24) is 25.1 Å². The van der Waals surface area contributed by atoms with Crippen molar-refractivity contribution in [1.29, 1.82) is 0 Å². The molecule has 0 saturated carbocycles. The van der Waals surface area contributed by atoms with Gasteiger partial charge in [-0.3, -0.25) is 4.99 Å². The lowest BCUT2D eigenvalue weighted by Gasteiger charge is -2.40. The fourth-order valence-corrected chi connectivity index (χ4v) is 3.05. The number of carbonyl (C=O) groups excluding carboxylic acids is 1. The predicted molar refractivity (Wildman–Crippen MR) is 128 cm³/mol. The summed E-state index contributed by atoms with van der Waals surface area (Å²) in [5, 5.41) is 6.69. The van der Waals surface area contributed by atoms with E-state index >= 15 is 0 Å². The van der Waals surface area contributed by atoms with Gasteiger partial charge in [0.2, 0.25) is 0 Å². The van der Waals surface area contributed by atoms with Gasteiger partial charge in [0.1, 0.15) is 5.60 Å². The van der Waals surface area contributed by atoms with Gasteiger partial charge in [0.25, 0.3) is 0 Å². The summed E-state index contributed by atoms with van der Waals surface area (Å²) in [5.41, 5.74) is 1.92. The lowest BCUT2D eigenvalue weighted by Crippen LogP contribution is -2.63. The van der Waals surface area contributed by atoms with Crippen molar-refractivity contribution in [3.63, 3.8) is 0 Å². The number of rotatable bonds is 5. The van der Waals surface area contributed by atoms with Crippen LogP contribution in [0.15, 0.2) is 48.0 Å². The predicted octanol–water partition coefficient (Wildman–Crippen LogP) is 2.83. The van der Waals surface area contributed by atoms with E-state index in [2.05, 4.69) is 44.9 Å². The van der Waals surface area contributed by atoms with Crippen LogP contribution < -0.4 is 10.6 Å². The summed E-state index contributed by atoms with van der Waals surface area (Å²) in [6.07, 6.45) is 5.28. The molecule has 30 heavy (non-hydrogen) atoms. The molecule has 1 amide bonds. The Morgan fingerprint density at radius 1 is 1.30 bits per heavy atom. The third-order valence-corrected chi connectivity index (χ3v) is 4.47. The number of hydrogen-bond donors (Lipinski definition) is 2. The summed E-state index contributed by atoms with van der Waals surface area (Å²) in [7, 11) is 1.75. The van der Waals surface area contributed by atoms with E-state index < -0.39 is 5.60 Å². The van der Waals surface area contributed by atoms with Crippen LogP contribution in [-0.2, 0) is 17.8 Å². The second-order valence-electron chi connectivity index (χ2n) is 8.21. The van der Waals surface area contributed by atoms with Gasteiger partial charge in [-0.1, -0.05) is 24.3 Å². The molecule has 0 spiro atoms. The number of carbonyl (C=O) groups is 1. The third kappa shape index (κ3) is 7.19. The van der Waals surface area contributed by atoms with E-state index in [0.717, 1.165) is 12.5 Å². The molecule has 1 aromatic heterocycles. The molecule has 0 radical (unpaired) electrons. The second kappa shape index (κ2) is 10.6. The normalized spacial score (nSPS) is 14.5. The average molecular weight is 526 g/mol. The Morgan fingerprint density at radius 2 is 2.03 bits per heavy atom. The van der Waals surface area contributed by atoms with Gasteiger partial charge in [-0.2, -0.15) is 0 Å². The Labute approximate surface area is 195 Å². The number of benzene rings is 1. The molecule has 9 heteroatoms. The van der Waals surface area contributed by atoms with Crippen LogP contribution in [0, 0.1) is 0 Å². The summed E-state index contributed by atoms with van der Waals surface area (Å²) in [6, 6.07) is 8.60. The van der Waals surface area contributed by atoms with Gasteiger partial charge in [-0.25, -0.2) is 9.78 Å². The standard InChI is InChI=1S/C21H30N6O2.HI/c1-21(2,3)29-20(28)27-13-18(14-27)25-19(22-4)24-11-16-6-5-7-17(10-16)12-26-9-8-23-15-26;/h5-10,15,18H,11-14H2,1-4H3,(H2,22,24,25);1H. The number of halogens is 1. The van der Waals surface area contributed by atoms with Gasteiger partial charge >= 0.3 is 6.09 Å². The van der Waals surface area contributed by atoms with Gasteiger partial charge < -0.3 is 24.8 Å². The molecule has 2 aromatic rings. The minimum atomic E-state index is -0.473. The Bertz CT molecular complexity index is 841. The number of likely N-dealkylation sites (tertiary alicyclic amines) is 1. The van der Waals surface area contributed by atoms with Crippen molar-refractivity contribution in [2.75, 3.05) is 20.1 Å². The number of aliphatic imine (C=N–C) groups is 1. The smallest absolute Gasteiger partial charge is 0.410 e. The number of hydrogen-bond acceptors (Lipinski definition) is 4. The molecule has 8 nitrogen and oxygen atoms in total. The first-order chi connectivity index (χ1) is 13.8. The molecular formula is C21H31IN6O2. The Hall–Kier alpha value is -2.30. The fourth-order valence-electron chi connectivity index (χ4n) is 3.05. The molecule has 1 saturated heterocycles. The van der Waals surface area contributed by atoms with Crippen molar-refractivity contribution in [2.45, 2.75) is 45.5 Å². The number of nitrogens with zero attached hydrogens (tertiary/aromatic N) is 4. The minimum Gasteiger partial charge on any atom is -0.444 e. The van der Waals surface area contributed by atoms with Crippen LogP contribution in [0.2, 0.25) is 0 Å². The van der Waals surface area contributed by atoms with Crippen LogP contribution in [0.25, 0.3) is 0 Å². The molecule has 1 aliphatic heterocycles. The van der Waals surface area contributed by atoms with E-state index in [1.165, 1.54) is 11.1 Å². The highest BCUT2D eigenvalue weighted by Crippen LogP contribution is 2.15. The summed E-state index contributed by atoms with van der Waals surface area (Å²) in [5.74, 6) is 0.721. The van der Waals surface area contributed by atoms with Gasteiger partial charge in [0.05, 0.1) is 12.4 Å². The molecule has 164 valence electrons. The lowest BCUT2D eigenvalue weighted by molar-refractivity contribution is 0.00701. The number of ether oxygens (including phenoxy) is 1. The Kier molecular flexibility index (Phi) is 8.51. The summed E-state index contributed by atoms with van der Waals surface area (Å²) >= 11 is 0. The van der Waals surface area contributed by atoms with Crippen molar-refractivity contribution in [3.8, 4) is 0 Å². The fraction of sp³-hybridized carbons (Fsp3) is 0.476. The van der Waals surface area contributed by atoms with Crippen LogP contribution in [-0.4, -0.2) is 58.3 Å². The molecule has 2 heterocycles. The first-order valence-corrected chi connectivity index (χ1v) is 9.81. The second-order valence-corrected chi connectivity index (χ2v) is 8.21. The highest BCUT2D eigenvalue weighted by molar-refractivity contribution is 14.0. The minimum absolute atomic E-state index is 0. The van der Waals surface area contributed by atoms with E-state index in [0.29, 0.717) is 19.6 Å². The zero-order valence-electron chi connectivity index (χ0n) is 18.0. The van der Waals surface area contributed by atoms with E-state index in [1.807, 2.05) is 37.9 Å². The number of guanidine groups is 1. The van der Waals surface area contributed by atoms with Crippen molar-refractivity contribution < 1.29 is 9.53 Å². The Morgan fingerprint density at radius 3 is 2.67 bits per heavy atom. The van der Waals surface area contributed by atoms with E-state index in [9.17, 15) is 4.79 Å². The van der Waals surface area contributed by atoms with Gasteiger partial charge in [-0.05, 0) is 31.9 Å². The number of nitrogens with one attached hydrogen (secondary N) is 2. The van der Waals surface area contributed by atoms with Crippen molar-refractivity contribution >= 4 is 36.0 Å². The molecule has 2 N–H and O–H groups in total. The highest BCUT2D eigenvalue weighted by Gasteiger charge is 2.34. The molecule has 0 atom stereocenters. The molecule has 0 aliphatic carbocycles. The van der Waals surface area contributed by atoms with E-state index in [-0.39, 0.29) is 36.1 Å². The largest absolute Gasteiger partial charge is 0.444 e. The van der Waals surface area contributed by atoms with Gasteiger partial charge in [-0.15, -0.1) is 24.0 Å². The highest BCUT2D eigenvalue weighted by atomic mass is 127. The summed E-state index contributed by atoms with van der Waals surface area (Å²) in [4.78, 5) is 22.1. The first-order valence-electron chi connectivity index (χ1n) is 9.81. The molecule has 1 fully saturated rings. The van der Waals surface area contributed by atoms with Crippen LogP contribution >= 0.6 is 24.0 Å². The lowest BCUT2D eigenvalue weighted by atomic mass is 10.1. The molecular weight excluding hydrogens is 495 g/mol. The maximum atomic E-state index is 12.0. The SMILES string of the molecule is CN=C(NCc1cccc(Cn2ccnc2)c1)NC1CN(C(=O)OC(C)(C)C)C1.I. The number of aromatic nitrogens is 2. The maximum absolute atomic E-state index is 12.0. The first kappa shape index (κ1) is 24.0. The average Bonchev–Trinajstić information content (AvgIpc) is 3.12. The zero-order chi connectivity index (χ0) is 20.9. The third-order valence-electron chi connectivity index (χ3n) is 4.47. The van der Waals surface area contributed by atoms with Gasteiger partial charge in [0.15, 0.2) is 5.96 Å². The maximum Gasteiger partial charge on any atom is 0.410 e. The molecule has 1 aliphatic rings. The quantitative estimate of drug-likeness (QED) is 0.356. The van der Waals surface area contributed by atoms with Crippen LogP contribution in [0.1, 0.15) is 31.9 Å². The monoisotopic (exact) mass is 526 g/mol. The summed E-state index contributed by atoms with van der Waals surface area (Å²) in [6.45, 7) is 8.29. The van der Waals surface area contributed by atoms with Crippen LogP contribution in [0.3, 0.4) is 0 Å².